The van der Waals surface area contributed by atoms with Crippen molar-refractivity contribution in [3.05, 3.63) is 0 Å². The van der Waals surface area contributed by atoms with Crippen LogP contribution in [0.5, 0.6) is 0 Å². The molecule has 1 amide bonds. The second kappa shape index (κ2) is 7.54. The third kappa shape index (κ3) is 5.39. The smallest absolute Gasteiger partial charge is 0.309 e. The van der Waals surface area contributed by atoms with E-state index in [1.807, 2.05) is 13.8 Å². The quantitative estimate of drug-likeness (QED) is 0.666. The molecule has 0 aromatic heterocycles. The molecule has 16 heavy (non-hydrogen) atoms. The molecule has 1 atom stereocenters. The van der Waals surface area contributed by atoms with Crippen LogP contribution in [0.3, 0.4) is 0 Å². The summed E-state index contributed by atoms with van der Waals surface area (Å²) in [5.41, 5.74) is 0. The van der Waals surface area contributed by atoms with Gasteiger partial charge in [0.1, 0.15) is 0 Å². The van der Waals surface area contributed by atoms with Crippen molar-refractivity contribution in [1.29, 1.82) is 0 Å². The molecule has 0 aliphatic carbocycles. The van der Waals surface area contributed by atoms with E-state index in [4.69, 9.17) is 0 Å². The first kappa shape index (κ1) is 15.3. The zero-order chi connectivity index (χ0) is 12.7. The zero-order valence-corrected chi connectivity index (χ0v) is 11.5. The molecule has 0 bridgehead atoms. The maximum Gasteiger partial charge on any atom is 0.309 e. The molecule has 0 saturated carbocycles. The maximum atomic E-state index is 11.6. The average Bonchev–Trinajstić information content (AvgIpc) is 2.26. The highest BCUT2D eigenvalue weighted by Gasteiger charge is 2.16. The van der Waals surface area contributed by atoms with E-state index >= 15 is 0 Å². The van der Waals surface area contributed by atoms with E-state index in [1.165, 1.54) is 18.9 Å². The minimum atomic E-state index is -0.225. The number of esters is 1. The molecule has 0 heterocycles. The first-order valence-corrected chi connectivity index (χ1v) is 6.46. The second-order valence-electron chi connectivity index (χ2n) is 4.04. The summed E-state index contributed by atoms with van der Waals surface area (Å²) in [5, 5.41) is 0. The van der Waals surface area contributed by atoms with Gasteiger partial charge in [-0.05, 0) is 13.8 Å². The van der Waals surface area contributed by atoms with Crippen LogP contribution in [0.15, 0.2) is 0 Å². The molecule has 1 unspecified atom stereocenters. The molecular formula is C11H21NO3S. The van der Waals surface area contributed by atoms with Gasteiger partial charge in [0, 0.05) is 18.8 Å². The third-order valence-corrected chi connectivity index (χ3v) is 3.55. The Bertz CT molecular complexity index is 243. The SMILES string of the molecule is COC(=O)C(C)CSCC(=O)N(C)C(C)C. The van der Waals surface area contributed by atoms with Gasteiger partial charge in [0.15, 0.2) is 0 Å². The zero-order valence-electron chi connectivity index (χ0n) is 10.6. The van der Waals surface area contributed by atoms with Crippen LogP contribution in [0.2, 0.25) is 0 Å². The number of hydrogen-bond donors (Lipinski definition) is 0. The Morgan fingerprint density at radius 1 is 1.31 bits per heavy atom. The summed E-state index contributed by atoms with van der Waals surface area (Å²) in [6.07, 6.45) is 0. The minimum absolute atomic E-state index is 0.0945. The lowest BCUT2D eigenvalue weighted by Gasteiger charge is -2.21. The maximum absolute atomic E-state index is 11.6. The second-order valence-corrected chi connectivity index (χ2v) is 5.07. The van der Waals surface area contributed by atoms with Gasteiger partial charge in [-0.2, -0.15) is 11.8 Å². The number of methoxy groups -OCH3 is 1. The third-order valence-electron chi connectivity index (χ3n) is 2.36. The lowest BCUT2D eigenvalue weighted by atomic mass is 10.2. The lowest BCUT2D eigenvalue weighted by Crippen LogP contribution is -2.34. The highest BCUT2D eigenvalue weighted by molar-refractivity contribution is 7.99. The van der Waals surface area contributed by atoms with Crippen LogP contribution in [0.25, 0.3) is 0 Å². The summed E-state index contributed by atoms with van der Waals surface area (Å²) in [6.45, 7) is 5.74. The number of ether oxygens (including phenoxy) is 1. The summed E-state index contributed by atoms with van der Waals surface area (Å²) in [6, 6.07) is 0.214. The monoisotopic (exact) mass is 247 g/mol. The fraction of sp³-hybridized carbons (Fsp3) is 0.818. The fourth-order valence-electron chi connectivity index (χ4n) is 0.982. The van der Waals surface area contributed by atoms with E-state index in [2.05, 4.69) is 4.74 Å². The van der Waals surface area contributed by atoms with Crippen LogP contribution in [0.1, 0.15) is 20.8 Å². The summed E-state index contributed by atoms with van der Waals surface area (Å²) >= 11 is 1.47. The standard InChI is InChI=1S/C11H21NO3S/c1-8(2)12(4)10(13)7-16-6-9(3)11(14)15-5/h8-9H,6-7H2,1-5H3. The van der Waals surface area contributed by atoms with Gasteiger partial charge in [-0.15, -0.1) is 0 Å². The first-order chi connectivity index (χ1) is 7.40. The molecule has 0 rings (SSSR count). The van der Waals surface area contributed by atoms with Gasteiger partial charge < -0.3 is 9.64 Å². The van der Waals surface area contributed by atoms with E-state index in [0.29, 0.717) is 11.5 Å². The molecule has 0 aromatic carbocycles. The summed E-state index contributed by atoms with van der Waals surface area (Å²) in [4.78, 5) is 24.4. The molecule has 0 aliphatic rings. The van der Waals surface area contributed by atoms with Crippen LogP contribution < -0.4 is 0 Å². The van der Waals surface area contributed by atoms with E-state index in [9.17, 15) is 9.59 Å². The molecule has 94 valence electrons. The van der Waals surface area contributed by atoms with Crippen LogP contribution in [0.4, 0.5) is 0 Å². The Kier molecular flexibility index (Phi) is 7.21. The Morgan fingerprint density at radius 3 is 2.31 bits per heavy atom. The largest absolute Gasteiger partial charge is 0.469 e. The molecule has 0 N–H and O–H groups in total. The van der Waals surface area contributed by atoms with Crippen molar-refractivity contribution < 1.29 is 14.3 Å². The lowest BCUT2D eigenvalue weighted by molar-refractivity contribution is -0.144. The number of carbonyl (C=O) groups excluding carboxylic acids is 2. The minimum Gasteiger partial charge on any atom is -0.469 e. The topological polar surface area (TPSA) is 46.6 Å². The Hall–Kier alpha value is -0.710. The van der Waals surface area contributed by atoms with Crippen molar-refractivity contribution in [2.45, 2.75) is 26.8 Å². The van der Waals surface area contributed by atoms with Crippen LogP contribution in [-0.2, 0) is 14.3 Å². The Balaban J connectivity index is 3.82. The molecule has 0 radical (unpaired) electrons. The van der Waals surface area contributed by atoms with Crippen molar-refractivity contribution >= 4 is 23.6 Å². The van der Waals surface area contributed by atoms with Gasteiger partial charge in [-0.1, -0.05) is 6.92 Å². The van der Waals surface area contributed by atoms with E-state index in [1.54, 1.807) is 18.9 Å². The van der Waals surface area contributed by atoms with Crippen LogP contribution in [-0.4, -0.2) is 48.5 Å². The number of carbonyl (C=O) groups is 2. The predicted molar refractivity (Wildman–Crippen MR) is 66.4 cm³/mol. The molecule has 0 spiro atoms. The van der Waals surface area contributed by atoms with E-state index < -0.39 is 0 Å². The molecule has 0 fully saturated rings. The number of hydrogen-bond acceptors (Lipinski definition) is 4. The molecule has 5 heteroatoms. The van der Waals surface area contributed by atoms with Gasteiger partial charge in [0.05, 0.1) is 18.8 Å². The summed E-state index contributed by atoms with van der Waals surface area (Å²) in [5.74, 6) is 0.738. The van der Waals surface area contributed by atoms with E-state index in [0.717, 1.165) is 0 Å². The van der Waals surface area contributed by atoms with Crippen molar-refractivity contribution in [3.63, 3.8) is 0 Å². The van der Waals surface area contributed by atoms with Gasteiger partial charge in [-0.25, -0.2) is 0 Å². The van der Waals surface area contributed by atoms with Gasteiger partial charge in [-0.3, -0.25) is 9.59 Å². The van der Waals surface area contributed by atoms with Gasteiger partial charge in [0.2, 0.25) is 5.91 Å². The number of amides is 1. The van der Waals surface area contributed by atoms with Crippen molar-refractivity contribution in [2.75, 3.05) is 25.7 Å². The van der Waals surface area contributed by atoms with Crippen LogP contribution in [0, 0.1) is 5.92 Å². The highest BCUT2D eigenvalue weighted by Crippen LogP contribution is 2.11. The normalized spacial score (nSPS) is 12.4. The van der Waals surface area contributed by atoms with Crippen molar-refractivity contribution in [3.8, 4) is 0 Å². The molecule has 0 aromatic rings. The fourth-order valence-corrected chi connectivity index (χ4v) is 1.97. The van der Waals surface area contributed by atoms with Crippen molar-refractivity contribution in [1.82, 2.24) is 4.90 Å². The summed E-state index contributed by atoms with van der Waals surface area (Å²) < 4.78 is 4.61. The highest BCUT2D eigenvalue weighted by atomic mass is 32.2. The van der Waals surface area contributed by atoms with Gasteiger partial charge >= 0.3 is 5.97 Å². The van der Waals surface area contributed by atoms with Crippen LogP contribution >= 0.6 is 11.8 Å². The Labute approximate surface area is 102 Å². The molecule has 0 aliphatic heterocycles. The molecule has 0 saturated heterocycles. The molecule has 4 nitrogen and oxygen atoms in total. The molecular weight excluding hydrogens is 226 g/mol. The average molecular weight is 247 g/mol. The number of nitrogens with zero attached hydrogens (tertiary/aromatic N) is 1. The Morgan fingerprint density at radius 2 is 1.88 bits per heavy atom. The van der Waals surface area contributed by atoms with Crippen molar-refractivity contribution in [2.24, 2.45) is 5.92 Å². The summed E-state index contributed by atoms with van der Waals surface area (Å²) in [7, 11) is 3.17. The number of rotatable bonds is 6. The number of thioether (sulfide) groups is 1. The van der Waals surface area contributed by atoms with Gasteiger partial charge in [0.25, 0.3) is 0 Å². The predicted octanol–water partition coefficient (Wildman–Crippen LogP) is 1.40. The van der Waals surface area contributed by atoms with E-state index in [-0.39, 0.29) is 23.8 Å². The first-order valence-electron chi connectivity index (χ1n) is 5.31.